The van der Waals surface area contributed by atoms with Crippen LogP contribution in [-0.2, 0) is 0 Å². The lowest BCUT2D eigenvalue weighted by Gasteiger charge is -2.03. The SMILES string of the molecule is Cc1ccc(N=Nc2ccc(OCCO)cc2)cc1N. The molecule has 0 fully saturated rings. The van der Waals surface area contributed by atoms with Crippen molar-refractivity contribution >= 4 is 17.1 Å². The molecular weight excluding hydrogens is 254 g/mol. The molecule has 0 heterocycles. The van der Waals surface area contributed by atoms with Crippen molar-refractivity contribution in [2.24, 2.45) is 10.2 Å². The smallest absolute Gasteiger partial charge is 0.119 e. The lowest BCUT2D eigenvalue weighted by molar-refractivity contribution is 0.201. The van der Waals surface area contributed by atoms with E-state index in [9.17, 15) is 0 Å². The monoisotopic (exact) mass is 271 g/mol. The fraction of sp³-hybridized carbons (Fsp3) is 0.200. The van der Waals surface area contributed by atoms with Crippen LogP contribution in [0.4, 0.5) is 17.1 Å². The van der Waals surface area contributed by atoms with Crippen LogP contribution in [0.1, 0.15) is 5.56 Å². The van der Waals surface area contributed by atoms with Crippen molar-refractivity contribution in [3.8, 4) is 5.75 Å². The molecule has 2 rings (SSSR count). The predicted molar refractivity (Wildman–Crippen MR) is 78.8 cm³/mol. The number of benzene rings is 2. The van der Waals surface area contributed by atoms with Crippen molar-refractivity contribution in [1.82, 2.24) is 0 Å². The first-order chi connectivity index (χ1) is 9.69. The molecule has 0 atom stereocenters. The van der Waals surface area contributed by atoms with Crippen molar-refractivity contribution < 1.29 is 9.84 Å². The molecule has 2 aromatic carbocycles. The number of nitrogens with zero attached hydrogens (tertiary/aromatic N) is 2. The second kappa shape index (κ2) is 6.68. The van der Waals surface area contributed by atoms with Crippen LogP contribution in [-0.4, -0.2) is 18.3 Å². The number of ether oxygens (including phenoxy) is 1. The number of aliphatic hydroxyl groups is 1. The van der Waals surface area contributed by atoms with Gasteiger partial charge in [-0.2, -0.15) is 10.2 Å². The highest BCUT2D eigenvalue weighted by molar-refractivity contribution is 5.55. The maximum absolute atomic E-state index is 8.67. The molecule has 0 aliphatic heterocycles. The van der Waals surface area contributed by atoms with Crippen molar-refractivity contribution in [3.05, 3.63) is 48.0 Å². The number of anilines is 1. The first-order valence-corrected chi connectivity index (χ1v) is 6.30. The zero-order chi connectivity index (χ0) is 14.4. The standard InChI is InChI=1S/C15H17N3O2/c1-11-2-3-13(10-15(11)16)18-17-12-4-6-14(7-5-12)20-9-8-19/h2-7,10,19H,8-9,16H2,1H3. The number of hydrogen-bond acceptors (Lipinski definition) is 5. The molecule has 5 nitrogen and oxygen atoms in total. The second-order valence-corrected chi connectivity index (χ2v) is 4.31. The van der Waals surface area contributed by atoms with E-state index in [1.54, 1.807) is 30.3 Å². The average Bonchev–Trinajstić information content (AvgIpc) is 2.47. The summed E-state index contributed by atoms with van der Waals surface area (Å²) in [7, 11) is 0. The van der Waals surface area contributed by atoms with Gasteiger partial charge in [-0.1, -0.05) is 6.07 Å². The van der Waals surface area contributed by atoms with Crippen molar-refractivity contribution in [2.45, 2.75) is 6.92 Å². The molecule has 2 aromatic rings. The van der Waals surface area contributed by atoms with Crippen molar-refractivity contribution in [1.29, 1.82) is 0 Å². The van der Waals surface area contributed by atoms with Crippen LogP contribution >= 0.6 is 0 Å². The van der Waals surface area contributed by atoms with Gasteiger partial charge in [0.2, 0.25) is 0 Å². The van der Waals surface area contributed by atoms with Gasteiger partial charge in [0, 0.05) is 5.69 Å². The summed E-state index contributed by atoms with van der Waals surface area (Å²) in [6.07, 6.45) is 0. The van der Waals surface area contributed by atoms with Gasteiger partial charge in [0.1, 0.15) is 12.4 Å². The van der Waals surface area contributed by atoms with Crippen molar-refractivity contribution in [2.75, 3.05) is 18.9 Å². The Morgan fingerprint density at radius 1 is 1.05 bits per heavy atom. The van der Waals surface area contributed by atoms with Gasteiger partial charge in [-0.25, -0.2) is 0 Å². The largest absolute Gasteiger partial charge is 0.491 e. The Morgan fingerprint density at radius 2 is 1.70 bits per heavy atom. The fourth-order valence-electron chi connectivity index (χ4n) is 1.58. The molecule has 0 unspecified atom stereocenters. The Balaban J connectivity index is 2.05. The molecule has 3 N–H and O–H groups in total. The van der Waals surface area contributed by atoms with Gasteiger partial charge in [-0.3, -0.25) is 0 Å². The third-order valence-corrected chi connectivity index (χ3v) is 2.74. The van der Waals surface area contributed by atoms with Crippen LogP contribution in [0.15, 0.2) is 52.7 Å². The first-order valence-electron chi connectivity index (χ1n) is 6.30. The van der Waals surface area contributed by atoms with E-state index in [1.165, 1.54) is 0 Å². The first kappa shape index (κ1) is 14.0. The van der Waals surface area contributed by atoms with Crippen molar-refractivity contribution in [3.63, 3.8) is 0 Å². The Hall–Kier alpha value is -2.40. The number of aliphatic hydroxyl groups excluding tert-OH is 1. The highest BCUT2D eigenvalue weighted by Crippen LogP contribution is 2.23. The minimum Gasteiger partial charge on any atom is -0.491 e. The molecule has 0 aromatic heterocycles. The predicted octanol–water partition coefficient (Wildman–Crippen LogP) is 3.36. The number of aryl methyl sites for hydroxylation is 1. The van der Waals surface area contributed by atoms with E-state index in [-0.39, 0.29) is 13.2 Å². The van der Waals surface area contributed by atoms with Gasteiger partial charge in [0.25, 0.3) is 0 Å². The molecular formula is C15H17N3O2. The highest BCUT2D eigenvalue weighted by atomic mass is 16.5. The van der Waals surface area contributed by atoms with Crippen LogP contribution in [0.25, 0.3) is 0 Å². The van der Waals surface area contributed by atoms with Crippen LogP contribution < -0.4 is 10.5 Å². The third kappa shape index (κ3) is 3.80. The van der Waals surface area contributed by atoms with E-state index in [4.69, 9.17) is 15.6 Å². The molecule has 0 radical (unpaired) electrons. The lowest BCUT2D eigenvalue weighted by Crippen LogP contribution is -2.00. The molecule has 104 valence electrons. The minimum absolute atomic E-state index is 0.00366. The Kier molecular flexibility index (Phi) is 4.68. The Bertz CT molecular complexity index is 595. The molecule has 0 aliphatic carbocycles. The zero-order valence-corrected chi connectivity index (χ0v) is 11.3. The van der Waals surface area contributed by atoms with Crippen LogP contribution in [0.5, 0.6) is 5.75 Å². The number of hydrogen-bond donors (Lipinski definition) is 2. The summed E-state index contributed by atoms with van der Waals surface area (Å²) in [5.41, 5.74) is 8.98. The van der Waals surface area contributed by atoms with E-state index in [1.807, 2.05) is 19.1 Å². The number of azo groups is 1. The molecule has 0 amide bonds. The fourth-order valence-corrected chi connectivity index (χ4v) is 1.58. The molecule has 0 bridgehead atoms. The number of nitrogens with two attached hydrogens (primary N) is 1. The highest BCUT2D eigenvalue weighted by Gasteiger charge is 1.97. The van der Waals surface area contributed by atoms with Crippen LogP contribution in [0.3, 0.4) is 0 Å². The molecule has 20 heavy (non-hydrogen) atoms. The molecule has 0 aliphatic rings. The van der Waals surface area contributed by atoms with Gasteiger partial charge in [0.05, 0.1) is 18.0 Å². The van der Waals surface area contributed by atoms with Crippen LogP contribution in [0.2, 0.25) is 0 Å². The Morgan fingerprint density at radius 3 is 2.35 bits per heavy atom. The van der Waals surface area contributed by atoms with E-state index in [0.29, 0.717) is 17.1 Å². The van der Waals surface area contributed by atoms with Gasteiger partial charge in [-0.05, 0) is 48.9 Å². The van der Waals surface area contributed by atoms with E-state index < -0.39 is 0 Å². The average molecular weight is 271 g/mol. The summed E-state index contributed by atoms with van der Waals surface area (Å²) in [6, 6.07) is 12.7. The van der Waals surface area contributed by atoms with Gasteiger partial charge < -0.3 is 15.6 Å². The maximum Gasteiger partial charge on any atom is 0.119 e. The molecule has 5 heteroatoms. The van der Waals surface area contributed by atoms with E-state index in [0.717, 1.165) is 11.3 Å². The second-order valence-electron chi connectivity index (χ2n) is 4.31. The van der Waals surface area contributed by atoms with Gasteiger partial charge >= 0.3 is 0 Å². The van der Waals surface area contributed by atoms with E-state index in [2.05, 4.69) is 10.2 Å². The molecule has 0 saturated carbocycles. The summed E-state index contributed by atoms with van der Waals surface area (Å²) in [5.74, 6) is 0.692. The van der Waals surface area contributed by atoms with Gasteiger partial charge in [-0.15, -0.1) is 0 Å². The summed E-state index contributed by atoms with van der Waals surface area (Å²) in [5, 5.41) is 16.9. The van der Waals surface area contributed by atoms with Gasteiger partial charge in [0.15, 0.2) is 0 Å². The Labute approximate surface area is 117 Å². The summed E-state index contributed by atoms with van der Waals surface area (Å²) >= 11 is 0. The molecule has 0 spiro atoms. The zero-order valence-electron chi connectivity index (χ0n) is 11.3. The maximum atomic E-state index is 8.67. The quantitative estimate of drug-likeness (QED) is 0.646. The van der Waals surface area contributed by atoms with Crippen LogP contribution in [0, 0.1) is 6.92 Å². The normalized spacial score (nSPS) is 10.9. The topological polar surface area (TPSA) is 80.2 Å². The molecule has 0 saturated heterocycles. The minimum atomic E-state index is -0.00366. The summed E-state index contributed by atoms with van der Waals surface area (Å²) < 4.78 is 5.26. The number of nitrogen functional groups attached to an aromatic ring is 1. The summed E-state index contributed by atoms with van der Waals surface area (Å²) in [6.45, 7) is 2.22. The number of rotatable bonds is 5. The third-order valence-electron chi connectivity index (χ3n) is 2.74. The lowest BCUT2D eigenvalue weighted by atomic mass is 10.2. The van der Waals surface area contributed by atoms with E-state index >= 15 is 0 Å². The summed E-state index contributed by atoms with van der Waals surface area (Å²) in [4.78, 5) is 0.